The highest BCUT2D eigenvalue weighted by molar-refractivity contribution is 7.13. The second-order valence-corrected chi connectivity index (χ2v) is 3.41. The van der Waals surface area contributed by atoms with E-state index in [1.165, 1.54) is 18.4 Å². The Hall–Kier alpha value is -1.63. The third kappa shape index (κ3) is 3.02. The van der Waals surface area contributed by atoms with Gasteiger partial charge in [0.2, 0.25) is 0 Å². The molecule has 0 radical (unpaired) electrons. The average molecular weight is 215 g/mol. The molecule has 0 fully saturated rings. The van der Waals surface area contributed by atoms with Crippen LogP contribution in [0.25, 0.3) is 0 Å². The number of carbonyl (C=O) groups excluding carboxylic acids is 1. The third-order valence-electron chi connectivity index (χ3n) is 1.37. The van der Waals surface area contributed by atoms with Crippen LogP contribution in [-0.2, 0) is 4.79 Å². The number of hydrogen-bond acceptors (Lipinski definition) is 4. The summed E-state index contributed by atoms with van der Waals surface area (Å²) < 4.78 is 0. The molecule has 14 heavy (non-hydrogen) atoms. The van der Waals surface area contributed by atoms with Crippen LogP contribution in [0.4, 0.5) is 9.93 Å². The van der Waals surface area contributed by atoms with Gasteiger partial charge in [0.1, 0.15) is 6.54 Å². The van der Waals surface area contributed by atoms with Gasteiger partial charge >= 0.3 is 12.0 Å². The number of likely N-dealkylation sites (N-methyl/N-ethyl adjacent to an activating group) is 1. The number of amides is 2. The van der Waals surface area contributed by atoms with E-state index in [0.29, 0.717) is 5.13 Å². The number of carbonyl (C=O) groups is 2. The third-order valence-corrected chi connectivity index (χ3v) is 2.05. The Kier molecular flexibility index (Phi) is 3.41. The van der Waals surface area contributed by atoms with Crippen LogP contribution in [-0.4, -0.2) is 40.6 Å². The van der Waals surface area contributed by atoms with Crippen LogP contribution in [0, 0.1) is 0 Å². The van der Waals surface area contributed by atoms with Gasteiger partial charge in [0.15, 0.2) is 5.13 Å². The van der Waals surface area contributed by atoms with Gasteiger partial charge in [-0.25, -0.2) is 9.78 Å². The van der Waals surface area contributed by atoms with Crippen LogP contribution < -0.4 is 5.32 Å². The molecule has 0 atom stereocenters. The molecule has 0 aliphatic carbocycles. The van der Waals surface area contributed by atoms with E-state index >= 15 is 0 Å². The number of hydrogen-bond donors (Lipinski definition) is 2. The first-order chi connectivity index (χ1) is 6.59. The highest BCUT2D eigenvalue weighted by Gasteiger charge is 2.12. The minimum atomic E-state index is -1.05. The van der Waals surface area contributed by atoms with Crippen molar-refractivity contribution in [1.82, 2.24) is 9.88 Å². The Morgan fingerprint density at radius 1 is 1.71 bits per heavy atom. The molecule has 0 unspecified atom stereocenters. The molecule has 0 saturated carbocycles. The highest BCUT2D eigenvalue weighted by atomic mass is 32.1. The lowest BCUT2D eigenvalue weighted by atomic mass is 10.6. The van der Waals surface area contributed by atoms with Crippen molar-refractivity contribution in [3.63, 3.8) is 0 Å². The topological polar surface area (TPSA) is 82.5 Å². The minimum absolute atomic E-state index is 0.336. The van der Waals surface area contributed by atoms with Crippen molar-refractivity contribution in [2.45, 2.75) is 0 Å². The summed E-state index contributed by atoms with van der Waals surface area (Å²) in [6.07, 6.45) is 1.55. The lowest BCUT2D eigenvalue weighted by Gasteiger charge is -2.13. The zero-order chi connectivity index (χ0) is 10.6. The summed E-state index contributed by atoms with van der Waals surface area (Å²) in [5, 5.41) is 13.0. The van der Waals surface area contributed by atoms with Crippen LogP contribution in [0.2, 0.25) is 0 Å². The fourth-order valence-electron chi connectivity index (χ4n) is 0.747. The zero-order valence-electron chi connectivity index (χ0n) is 7.43. The van der Waals surface area contributed by atoms with Crippen molar-refractivity contribution in [2.75, 3.05) is 18.9 Å². The van der Waals surface area contributed by atoms with Gasteiger partial charge in [-0.3, -0.25) is 10.1 Å². The van der Waals surface area contributed by atoms with Crippen molar-refractivity contribution in [1.29, 1.82) is 0 Å². The summed E-state index contributed by atoms with van der Waals surface area (Å²) in [6.45, 7) is -0.336. The molecule has 0 spiro atoms. The van der Waals surface area contributed by atoms with Gasteiger partial charge < -0.3 is 10.0 Å². The first kappa shape index (κ1) is 10.5. The standard InChI is InChI=1S/C7H9N3O3S/c1-10(4-5(11)12)7(13)9-6-8-2-3-14-6/h2-3H,4H2,1H3,(H,11,12)(H,8,9,13). The summed E-state index contributed by atoms with van der Waals surface area (Å²) in [4.78, 5) is 26.4. The molecule has 2 N–H and O–H groups in total. The maximum absolute atomic E-state index is 11.3. The number of thiazole rings is 1. The molecular formula is C7H9N3O3S. The van der Waals surface area contributed by atoms with Crippen LogP contribution in [0.1, 0.15) is 0 Å². The van der Waals surface area contributed by atoms with Crippen molar-refractivity contribution in [2.24, 2.45) is 0 Å². The molecule has 7 heteroatoms. The molecule has 6 nitrogen and oxygen atoms in total. The van der Waals surface area contributed by atoms with E-state index in [4.69, 9.17) is 5.11 Å². The van der Waals surface area contributed by atoms with Gasteiger partial charge in [-0.1, -0.05) is 0 Å². The van der Waals surface area contributed by atoms with Gasteiger partial charge in [-0.05, 0) is 0 Å². The Labute approximate surface area is 84.2 Å². The van der Waals surface area contributed by atoms with Crippen molar-refractivity contribution < 1.29 is 14.7 Å². The number of aromatic nitrogens is 1. The van der Waals surface area contributed by atoms with Crippen LogP contribution in [0.15, 0.2) is 11.6 Å². The minimum Gasteiger partial charge on any atom is -0.480 e. The second kappa shape index (κ2) is 4.56. The van der Waals surface area contributed by atoms with Crippen molar-refractivity contribution >= 4 is 28.5 Å². The summed E-state index contributed by atoms with van der Waals surface area (Å²) in [5.41, 5.74) is 0. The van der Waals surface area contributed by atoms with E-state index in [1.807, 2.05) is 0 Å². The maximum Gasteiger partial charge on any atom is 0.323 e. The maximum atomic E-state index is 11.3. The summed E-state index contributed by atoms with van der Waals surface area (Å²) in [5.74, 6) is -1.05. The SMILES string of the molecule is CN(CC(=O)O)C(=O)Nc1nccs1. The summed E-state index contributed by atoms with van der Waals surface area (Å²) in [7, 11) is 1.40. The van der Waals surface area contributed by atoms with Crippen LogP contribution in [0.5, 0.6) is 0 Å². The fourth-order valence-corrected chi connectivity index (χ4v) is 1.27. The van der Waals surface area contributed by atoms with Crippen molar-refractivity contribution in [3.05, 3.63) is 11.6 Å². The van der Waals surface area contributed by atoms with Gasteiger partial charge in [-0.2, -0.15) is 0 Å². The largest absolute Gasteiger partial charge is 0.480 e. The zero-order valence-corrected chi connectivity index (χ0v) is 8.24. The first-order valence-electron chi connectivity index (χ1n) is 3.73. The number of rotatable bonds is 3. The smallest absolute Gasteiger partial charge is 0.323 e. The fraction of sp³-hybridized carbons (Fsp3) is 0.286. The van der Waals surface area contributed by atoms with E-state index < -0.39 is 12.0 Å². The van der Waals surface area contributed by atoms with Gasteiger partial charge in [0.05, 0.1) is 0 Å². The van der Waals surface area contributed by atoms with Gasteiger partial charge in [-0.15, -0.1) is 11.3 Å². The number of carboxylic acid groups (broad SMARTS) is 1. The molecule has 0 bridgehead atoms. The van der Waals surface area contributed by atoms with Crippen LogP contribution >= 0.6 is 11.3 Å². The lowest BCUT2D eigenvalue weighted by Crippen LogP contribution is -2.35. The molecule has 0 aliphatic heterocycles. The molecule has 0 aliphatic rings. The van der Waals surface area contributed by atoms with E-state index in [9.17, 15) is 9.59 Å². The Morgan fingerprint density at radius 2 is 2.43 bits per heavy atom. The molecule has 0 aromatic carbocycles. The number of anilines is 1. The van der Waals surface area contributed by atoms with Gasteiger partial charge in [0, 0.05) is 18.6 Å². The van der Waals surface area contributed by atoms with E-state index in [2.05, 4.69) is 10.3 Å². The Bertz CT molecular complexity index is 325. The molecule has 1 aromatic heterocycles. The lowest BCUT2D eigenvalue weighted by molar-refractivity contribution is -0.137. The Balaban J connectivity index is 2.46. The molecule has 76 valence electrons. The molecule has 2 amide bonds. The number of nitrogens with one attached hydrogen (secondary N) is 1. The first-order valence-corrected chi connectivity index (χ1v) is 4.61. The molecule has 1 heterocycles. The quantitative estimate of drug-likeness (QED) is 0.777. The predicted octanol–water partition coefficient (Wildman–Crippen LogP) is 0.691. The monoisotopic (exact) mass is 215 g/mol. The highest BCUT2D eigenvalue weighted by Crippen LogP contribution is 2.10. The van der Waals surface area contributed by atoms with Crippen molar-refractivity contribution in [3.8, 4) is 0 Å². The Morgan fingerprint density at radius 3 is 2.93 bits per heavy atom. The number of carboxylic acids is 1. The van der Waals surface area contributed by atoms with Crippen LogP contribution in [0.3, 0.4) is 0 Å². The van der Waals surface area contributed by atoms with E-state index in [-0.39, 0.29) is 6.54 Å². The predicted molar refractivity (Wildman–Crippen MR) is 51.4 cm³/mol. The normalized spacial score (nSPS) is 9.50. The van der Waals surface area contributed by atoms with Gasteiger partial charge in [0.25, 0.3) is 0 Å². The van der Waals surface area contributed by atoms with E-state index in [1.54, 1.807) is 11.6 Å². The number of nitrogens with zero attached hydrogens (tertiary/aromatic N) is 2. The molecule has 1 rings (SSSR count). The molecule has 0 saturated heterocycles. The summed E-state index contributed by atoms with van der Waals surface area (Å²) in [6, 6.07) is -0.484. The van der Waals surface area contributed by atoms with E-state index in [0.717, 1.165) is 4.90 Å². The summed E-state index contributed by atoms with van der Waals surface area (Å²) >= 11 is 1.27. The molecule has 1 aromatic rings. The number of aliphatic carboxylic acids is 1. The average Bonchev–Trinajstić information content (AvgIpc) is 2.55. The number of urea groups is 1. The second-order valence-electron chi connectivity index (χ2n) is 2.52. The molecular weight excluding hydrogens is 206 g/mol.